The fourth-order valence-electron chi connectivity index (χ4n) is 4.63. The van der Waals surface area contributed by atoms with Crippen molar-refractivity contribution in [3.8, 4) is 5.75 Å². The first-order valence-corrected chi connectivity index (χ1v) is 13.5. The summed E-state index contributed by atoms with van der Waals surface area (Å²) < 4.78 is 11.9. The quantitative estimate of drug-likeness (QED) is 0.280. The fourth-order valence-corrected chi connectivity index (χ4v) is 4.63. The Labute approximate surface area is 243 Å². The minimum Gasteiger partial charge on any atom is -0.492 e. The van der Waals surface area contributed by atoms with Crippen LogP contribution < -0.4 is 9.64 Å². The number of benzene rings is 2. The second-order valence-electron chi connectivity index (χ2n) is 9.48. The molecule has 0 spiro atoms. The van der Waals surface area contributed by atoms with Crippen LogP contribution in [-0.2, 0) is 30.3 Å². The van der Waals surface area contributed by atoms with Crippen molar-refractivity contribution in [1.29, 1.82) is 0 Å². The summed E-state index contributed by atoms with van der Waals surface area (Å²) >= 11 is 0. The standard InChI is InChI=1S/C25H34N2O3.2C2H2O4/c1-2-29-25-12-6-5-11-23(25)27-16-14-26(15-17-27)18-21(28)19-30-24-13-7-9-20-8-3-4-10-22(20)24;2*3-1(4)2(5)6/h3-6,8,10-12,21,24,28H,2,7,9,13-19H2,1H3;2*(H,3,4)(H,5,6). The van der Waals surface area contributed by atoms with Gasteiger partial charge in [-0.15, -0.1) is 0 Å². The zero-order valence-corrected chi connectivity index (χ0v) is 23.4. The van der Waals surface area contributed by atoms with Gasteiger partial charge in [-0.2, -0.15) is 0 Å². The number of nitrogens with zero attached hydrogens (tertiary/aromatic N) is 2. The van der Waals surface area contributed by atoms with Crippen molar-refractivity contribution in [1.82, 2.24) is 4.90 Å². The number of hydrogen-bond acceptors (Lipinski definition) is 9. The summed E-state index contributed by atoms with van der Waals surface area (Å²) in [6, 6.07) is 16.8. The molecule has 1 aliphatic heterocycles. The third-order valence-electron chi connectivity index (χ3n) is 6.52. The van der Waals surface area contributed by atoms with Crippen LogP contribution in [0, 0.1) is 0 Å². The number of aliphatic carboxylic acids is 4. The molecular weight excluding hydrogens is 552 g/mol. The van der Waals surface area contributed by atoms with E-state index in [1.807, 2.05) is 19.1 Å². The Kier molecular flexibility index (Phi) is 14.2. The maximum atomic E-state index is 10.6. The van der Waals surface area contributed by atoms with Crippen LogP contribution in [0.4, 0.5) is 5.69 Å². The first-order chi connectivity index (χ1) is 20.0. The average molecular weight is 591 g/mol. The Balaban J connectivity index is 0.000000434. The molecule has 2 aliphatic rings. The molecule has 13 heteroatoms. The van der Waals surface area contributed by atoms with E-state index < -0.39 is 30.0 Å². The van der Waals surface area contributed by atoms with Crippen molar-refractivity contribution in [2.45, 2.75) is 38.4 Å². The van der Waals surface area contributed by atoms with Gasteiger partial charge in [0.05, 0.1) is 31.1 Å². The Morgan fingerprint density at radius 1 is 0.857 bits per heavy atom. The highest BCUT2D eigenvalue weighted by molar-refractivity contribution is 6.27. The second kappa shape index (κ2) is 17.6. The molecule has 1 heterocycles. The predicted molar refractivity (Wildman–Crippen MR) is 151 cm³/mol. The largest absolute Gasteiger partial charge is 0.492 e. The van der Waals surface area contributed by atoms with Crippen molar-refractivity contribution in [2.24, 2.45) is 0 Å². The van der Waals surface area contributed by atoms with E-state index in [-0.39, 0.29) is 6.10 Å². The van der Waals surface area contributed by atoms with Gasteiger partial charge in [0.2, 0.25) is 0 Å². The number of para-hydroxylation sites is 2. The van der Waals surface area contributed by atoms with Crippen molar-refractivity contribution < 1.29 is 54.2 Å². The number of anilines is 1. The Bertz CT molecular complexity index is 1130. The van der Waals surface area contributed by atoms with Crippen LogP contribution in [-0.4, -0.2) is 106 Å². The Morgan fingerprint density at radius 2 is 1.43 bits per heavy atom. The molecule has 2 unspecified atom stereocenters. The van der Waals surface area contributed by atoms with E-state index in [0.717, 1.165) is 51.2 Å². The summed E-state index contributed by atoms with van der Waals surface area (Å²) in [5.74, 6) is -6.34. The molecule has 42 heavy (non-hydrogen) atoms. The number of carboxylic acids is 4. The van der Waals surface area contributed by atoms with E-state index in [0.29, 0.717) is 19.8 Å². The lowest BCUT2D eigenvalue weighted by Crippen LogP contribution is -2.49. The maximum absolute atomic E-state index is 10.6. The molecule has 2 atom stereocenters. The Morgan fingerprint density at radius 3 is 2.02 bits per heavy atom. The molecule has 2 aromatic rings. The van der Waals surface area contributed by atoms with E-state index in [1.54, 1.807) is 0 Å². The summed E-state index contributed by atoms with van der Waals surface area (Å²) in [4.78, 5) is 41.1. The number of piperazine rings is 1. The van der Waals surface area contributed by atoms with Gasteiger partial charge in [0.25, 0.3) is 0 Å². The molecule has 1 aliphatic carbocycles. The van der Waals surface area contributed by atoms with Crippen LogP contribution in [0.5, 0.6) is 5.75 Å². The van der Waals surface area contributed by atoms with E-state index in [2.05, 4.69) is 46.2 Å². The van der Waals surface area contributed by atoms with Crippen molar-refractivity contribution in [3.63, 3.8) is 0 Å². The van der Waals surface area contributed by atoms with Gasteiger partial charge in [-0.25, -0.2) is 19.2 Å². The number of ether oxygens (including phenoxy) is 2. The molecule has 0 bridgehead atoms. The molecule has 0 radical (unpaired) electrons. The van der Waals surface area contributed by atoms with E-state index in [9.17, 15) is 5.11 Å². The average Bonchev–Trinajstić information content (AvgIpc) is 2.97. The zero-order valence-electron chi connectivity index (χ0n) is 23.4. The number of carbonyl (C=O) groups is 4. The van der Waals surface area contributed by atoms with E-state index in [1.165, 1.54) is 16.8 Å². The maximum Gasteiger partial charge on any atom is 0.414 e. The van der Waals surface area contributed by atoms with Gasteiger partial charge in [0.15, 0.2) is 0 Å². The number of carboxylic acid groups (broad SMARTS) is 4. The molecule has 4 rings (SSSR count). The molecular formula is C29H38N2O11. The summed E-state index contributed by atoms with van der Waals surface area (Å²) in [6.07, 6.45) is 3.00. The molecule has 5 N–H and O–H groups in total. The number of fused-ring (bicyclic) bond motifs is 1. The normalized spacial score (nSPS) is 16.8. The number of β-amino-alcohol motifs (C(OH)–C–C–N with tert-alkyl or cyclic N) is 1. The number of aryl methyl sites for hydroxylation is 1. The van der Waals surface area contributed by atoms with Crippen LogP contribution in [0.3, 0.4) is 0 Å². The fraction of sp³-hybridized carbons (Fsp3) is 0.448. The van der Waals surface area contributed by atoms with Crippen LogP contribution in [0.1, 0.15) is 37.0 Å². The lowest BCUT2D eigenvalue weighted by atomic mass is 9.89. The lowest BCUT2D eigenvalue weighted by molar-refractivity contribution is -0.159. The minimum atomic E-state index is -1.82. The predicted octanol–water partition coefficient (Wildman–Crippen LogP) is 1.97. The number of rotatable bonds is 8. The van der Waals surface area contributed by atoms with Gasteiger partial charge in [0, 0.05) is 32.7 Å². The van der Waals surface area contributed by atoms with E-state index in [4.69, 9.17) is 49.1 Å². The van der Waals surface area contributed by atoms with Crippen LogP contribution >= 0.6 is 0 Å². The minimum absolute atomic E-state index is 0.122. The first-order valence-electron chi connectivity index (χ1n) is 13.5. The molecule has 1 fully saturated rings. The van der Waals surface area contributed by atoms with Crippen molar-refractivity contribution >= 4 is 29.6 Å². The number of aliphatic hydroxyl groups excluding tert-OH is 1. The molecule has 0 aromatic heterocycles. The highest BCUT2D eigenvalue weighted by atomic mass is 16.5. The number of hydrogen-bond donors (Lipinski definition) is 5. The molecule has 2 aromatic carbocycles. The second-order valence-corrected chi connectivity index (χ2v) is 9.48. The molecule has 230 valence electrons. The highest BCUT2D eigenvalue weighted by Crippen LogP contribution is 2.32. The van der Waals surface area contributed by atoms with Gasteiger partial charge in [-0.05, 0) is 49.4 Å². The monoisotopic (exact) mass is 590 g/mol. The van der Waals surface area contributed by atoms with Crippen LogP contribution in [0.25, 0.3) is 0 Å². The van der Waals surface area contributed by atoms with Crippen molar-refractivity contribution in [3.05, 3.63) is 59.7 Å². The zero-order chi connectivity index (χ0) is 31.1. The highest BCUT2D eigenvalue weighted by Gasteiger charge is 2.24. The summed E-state index contributed by atoms with van der Waals surface area (Å²) in [5, 5.41) is 40.1. The molecule has 0 amide bonds. The van der Waals surface area contributed by atoms with Crippen LogP contribution in [0.2, 0.25) is 0 Å². The van der Waals surface area contributed by atoms with Crippen LogP contribution in [0.15, 0.2) is 48.5 Å². The molecule has 0 saturated carbocycles. The molecule has 1 saturated heterocycles. The topological polar surface area (TPSA) is 194 Å². The van der Waals surface area contributed by atoms with Gasteiger partial charge >= 0.3 is 23.9 Å². The van der Waals surface area contributed by atoms with E-state index >= 15 is 0 Å². The first kappa shape index (κ1) is 34.0. The lowest BCUT2D eigenvalue weighted by Gasteiger charge is -2.37. The Hall–Kier alpha value is -4.20. The summed E-state index contributed by atoms with van der Waals surface area (Å²) in [6.45, 7) is 7.50. The molecule has 13 nitrogen and oxygen atoms in total. The van der Waals surface area contributed by atoms with Gasteiger partial charge in [-0.3, -0.25) is 4.90 Å². The summed E-state index contributed by atoms with van der Waals surface area (Å²) in [5.41, 5.74) is 3.86. The third-order valence-corrected chi connectivity index (χ3v) is 6.52. The van der Waals surface area contributed by atoms with Gasteiger partial charge < -0.3 is 39.9 Å². The van der Waals surface area contributed by atoms with Gasteiger partial charge in [0.1, 0.15) is 5.75 Å². The van der Waals surface area contributed by atoms with Crippen molar-refractivity contribution in [2.75, 3.05) is 50.8 Å². The summed E-state index contributed by atoms with van der Waals surface area (Å²) in [7, 11) is 0. The third kappa shape index (κ3) is 11.4. The number of aliphatic hydroxyl groups is 1. The smallest absolute Gasteiger partial charge is 0.414 e. The SMILES string of the molecule is CCOc1ccccc1N1CCN(CC(O)COC2CCCc3ccccc32)CC1.O=C(O)C(=O)O.O=C(O)C(=O)O. The van der Waals surface area contributed by atoms with Gasteiger partial charge in [-0.1, -0.05) is 36.4 Å².